The third kappa shape index (κ3) is 4.96. The van der Waals surface area contributed by atoms with Gasteiger partial charge in [-0.05, 0) is 49.1 Å². The monoisotopic (exact) mass is 395 g/mol. The number of thioether (sulfide) groups is 1. The number of hydrogen-bond donors (Lipinski definition) is 1. The fourth-order valence-corrected chi connectivity index (χ4v) is 3.92. The highest BCUT2D eigenvalue weighted by atomic mass is 32.2. The third-order valence-electron chi connectivity index (χ3n) is 4.93. The van der Waals surface area contributed by atoms with Gasteiger partial charge < -0.3 is 9.88 Å². The van der Waals surface area contributed by atoms with Crippen molar-refractivity contribution in [1.82, 2.24) is 14.9 Å². The van der Waals surface area contributed by atoms with Crippen LogP contribution in [0.15, 0.2) is 54.6 Å². The molecule has 1 heterocycles. The van der Waals surface area contributed by atoms with E-state index in [2.05, 4.69) is 41.3 Å². The molecule has 0 radical (unpaired) electrons. The van der Waals surface area contributed by atoms with Crippen LogP contribution in [0.25, 0.3) is 11.0 Å². The molecule has 0 aliphatic carbocycles. The number of fused-ring (bicyclic) bond motifs is 1. The average molecular weight is 396 g/mol. The van der Waals surface area contributed by atoms with Gasteiger partial charge in [-0.2, -0.15) is 11.8 Å². The molecule has 1 atom stereocenters. The molecule has 1 amide bonds. The van der Waals surface area contributed by atoms with Crippen LogP contribution >= 0.6 is 11.8 Å². The molecule has 4 nitrogen and oxygen atoms in total. The third-order valence-corrected chi connectivity index (χ3v) is 5.58. The molecule has 0 aliphatic heterocycles. The molecule has 0 saturated carbocycles. The van der Waals surface area contributed by atoms with Gasteiger partial charge in [-0.25, -0.2) is 4.98 Å². The van der Waals surface area contributed by atoms with Crippen LogP contribution in [-0.2, 0) is 6.54 Å². The van der Waals surface area contributed by atoms with E-state index in [0.717, 1.165) is 42.0 Å². The van der Waals surface area contributed by atoms with Crippen molar-refractivity contribution in [1.29, 1.82) is 0 Å². The molecule has 2 aromatic carbocycles. The van der Waals surface area contributed by atoms with Crippen molar-refractivity contribution in [3.05, 3.63) is 66.0 Å². The summed E-state index contributed by atoms with van der Waals surface area (Å²) in [4.78, 5) is 17.8. The largest absolute Gasteiger partial charge is 0.342 e. The maximum atomic E-state index is 12.8. The maximum Gasteiger partial charge on any atom is 0.251 e. The number of benzene rings is 2. The highest BCUT2D eigenvalue weighted by molar-refractivity contribution is 7.98. The van der Waals surface area contributed by atoms with E-state index in [1.807, 2.05) is 36.4 Å². The second-order valence-electron chi connectivity index (χ2n) is 6.99. The Labute approximate surface area is 171 Å². The number of nitrogens with zero attached hydrogens (tertiary/aromatic N) is 2. The smallest absolute Gasteiger partial charge is 0.251 e. The number of para-hydroxylation sites is 2. The van der Waals surface area contributed by atoms with Crippen molar-refractivity contribution in [2.45, 2.75) is 45.2 Å². The van der Waals surface area contributed by atoms with Crippen molar-refractivity contribution in [3.8, 4) is 0 Å². The molecule has 3 rings (SSSR count). The number of nitrogens with one attached hydrogen (secondary N) is 1. The Balaban J connectivity index is 1.93. The van der Waals surface area contributed by atoms with E-state index < -0.39 is 0 Å². The van der Waals surface area contributed by atoms with Crippen molar-refractivity contribution in [2.75, 3.05) is 12.0 Å². The van der Waals surface area contributed by atoms with Gasteiger partial charge in [0, 0.05) is 12.1 Å². The van der Waals surface area contributed by atoms with E-state index >= 15 is 0 Å². The fourth-order valence-electron chi connectivity index (χ4n) is 3.45. The molecule has 3 aromatic rings. The topological polar surface area (TPSA) is 46.9 Å². The van der Waals surface area contributed by atoms with Gasteiger partial charge in [-0.15, -0.1) is 0 Å². The molecule has 1 aromatic heterocycles. The number of carbonyl (C=O) groups is 1. The molecule has 0 bridgehead atoms. The van der Waals surface area contributed by atoms with Gasteiger partial charge in [0.1, 0.15) is 5.82 Å². The summed E-state index contributed by atoms with van der Waals surface area (Å²) < 4.78 is 2.31. The molecule has 1 unspecified atom stereocenters. The molecule has 0 spiro atoms. The van der Waals surface area contributed by atoms with Gasteiger partial charge in [-0.1, -0.05) is 50.1 Å². The minimum Gasteiger partial charge on any atom is -0.342 e. The van der Waals surface area contributed by atoms with E-state index in [0.29, 0.717) is 5.56 Å². The summed E-state index contributed by atoms with van der Waals surface area (Å²) in [5.74, 6) is 1.90. The number of aryl methyl sites for hydroxylation is 1. The van der Waals surface area contributed by atoms with E-state index in [9.17, 15) is 4.79 Å². The first-order valence-corrected chi connectivity index (χ1v) is 11.4. The first kappa shape index (κ1) is 20.5. The van der Waals surface area contributed by atoms with E-state index in [1.165, 1.54) is 12.8 Å². The van der Waals surface area contributed by atoms with Crippen LogP contribution in [0.2, 0.25) is 0 Å². The van der Waals surface area contributed by atoms with Gasteiger partial charge in [-0.3, -0.25) is 4.79 Å². The summed E-state index contributed by atoms with van der Waals surface area (Å²) in [6.45, 7) is 3.15. The zero-order valence-electron chi connectivity index (χ0n) is 16.7. The minimum absolute atomic E-state index is 0.0427. The second-order valence-corrected chi connectivity index (χ2v) is 7.98. The fraction of sp³-hybridized carbons (Fsp3) is 0.391. The first-order chi connectivity index (χ1) is 13.7. The molecular weight excluding hydrogens is 366 g/mol. The predicted molar refractivity (Wildman–Crippen MR) is 119 cm³/mol. The quantitative estimate of drug-likeness (QED) is 0.464. The Morgan fingerprint density at radius 3 is 2.61 bits per heavy atom. The zero-order chi connectivity index (χ0) is 19.8. The van der Waals surface area contributed by atoms with Crippen molar-refractivity contribution in [2.24, 2.45) is 0 Å². The van der Waals surface area contributed by atoms with Gasteiger partial charge in [0.25, 0.3) is 5.91 Å². The number of aromatic nitrogens is 2. The number of rotatable bonds is 10. The normalized spacial score (nSPS) is 12.2. The molecule has 1 N–H and O–H groups in total. The number of imidazole rings is 1. The zero-order valence-corrected chi connectivity index (χ0v) is 17.5. The second kappa shape index (κ2) is 10.3. The van der Waals surface area contributed by atoms with Crippen LogP contribution < -0.4 is 5.32 Å². The lowest BCUT2D eigenvalue weighted by Crippen LogP contribution is -2.31. The Kier molecular flexibility index (Phi) is 7.54. The van der Waals surface area contributed by atoms with E-state index in [1.54, 1.807) is 11.8 Å². The van der Waals surface area contributed by atoms with Gasteiger partial charge in [0.2, 0.25) is 0 Å². The first-order valence-electron chi connectivity index (χ1n) is 10.0. The SMILES string of the molecule is CCCCCn1c(C(CCSC)NC(=O)c2ccccc2)nc2ccccc21. The average Bonchev–Trinajstić information content (AvgIpc) is 3.10. The van der Waals surface area contributed by atoms with Crippen LogP contribution in [0.1, 0.15) is 54.8 Å². The van der Waals surface area contributed by atoms with E-state index in [-0.39, 0.29) is 11.9 Å². The summed E-state index contributed by atoms with van der Waals surface area (Å²) in [6, 6.07) is 17.6. The number of unbranched alkanes of at least 4 members (excludes halogenated alkanes) is 2. The predicted octanol–water partition coefficient (Wildman–Crippen LogP) is 5.45. The molecule has 5 heteroatoms. The van der Waals surface area contributed by atoms with Crippen LogP contribution in [0.3, 0.4) is 0 Å². The van der Waals surface area contributed by atoms with Gasteiger partial charge >= 0.3 is 0 Å². The van der Waals surface area contributed by atoms with Crippen LogP contribution in [0.4, 0.5) is 0 Å². The molecule has 28 heavy (non-hydrogen) atoms. The number of hydrogen-bond acceptors (Lipinski definition) is 3. The Morgan fingerprint density at radius 1 is 1.11 bits per heavy atom. The van der Waals surface area contributed by atoms with Crippen molar-refractivity contribution < 1.29 is 4.79 Å². The molecule has 0 aliphatic rings. The minimum atomic E-state index is -0.103. The molecule has 0 fully saturated rings. The summed E-state index contributed by atoms with van der Waals surface area (Å²) in [5, 5.41) is 3.24. The highest BCUT2D eigenvalue weighted by Gasteiger charge is 2.22. The summed E-state index contributed by atoms with van der Waals surface area (Å²) >= 11 is 1.79. The van der Waals surface area contributed by atoms with Gasteiger partial charge in [0.15, 0.2) is 0 Å². The van der Waals surface area contributed by atoms with Crippen LogP contribution in [0, 0.1) is 0 Å². The van der Waals surface area contributed by atoms with Crippen LogP contribution in [0.5, 0.6) is 0 Å². The van der Waals surface area contributed by atoms with Crippen molar-refractivity contribution in [3.63, 3.8) is 0 Å². The standard InChI is InChI=1S/C23H29N3OS/c1-3-4-10-16-26-21-14-9-8-13-19(21)24-22(26)20(15-17-28-2)25-23(27)18-11-6-5-7-12-18/h5-9,11-14,20H,3-4,10,15-17H2,1-2H3,(H,25,27). The number of carbonyl (C=O) groups excluding carboxylic acids is 1. The lowest BCUT2D eigenvalue weighted by atomic mass is 10.1. The Hall–Kier alpha value is -2.27. The lowest BCUT2D eigenvalue weighted by molar-refractivity contribution is 0.0933. The highest BCUT2D eigenvalue weighted by Crippen LogP contribution is 2.25. The molecule has 148 valence electrons. The molecule has 0 saturated heterocycles. The molecular formula is C23H29N3OS. The van der Waals surface area contributed by atoms with E-state index in [4.69, 9.17) is 4.98 Å². The van der Waals surface area contributed by atoms with Crippen molar-refractivity contribution >= 4 is 28.7 Å². The Morgan fingerprint density at radius 2 is 1.86 bits per heavy atom. The summed E-state index contributed by atoms with van der Waals surface area (Å²) in [7, 11) is 0. The maximum absolute atomic E-state index is 12.8. The van der Waals surface area contributed by atoms with Gasteiger partial charge in [0.05, 0.1) is 17.1 Å². The lowest BCUT2D eigenvalue weighted by Gasteiger charge is -2.20. The summed E-state index contributed by atoms with van der Waals surface area (Å²) in [5.41, 5.74) is 2.83. The number of amides is 1. The summed E-state index contributed by atoms with van der Waals surface area (Å²) in [6.07, 6.45) is 6.45. The Bertz CT molecular complexity index is 891. The van der Waals surface area contributed by atoms with Crippen LogP contribution in [-0.4, -0.2) is 27.5 Å².